The van der Waals surface area contributed by atoms with E-state index in [0.717, 1.165) is 6.42 Å². The highest BCUT2D eigenvalue weighted by molar-refractivity contribution is 6.27. The summed E-state index contributed by atoms with van der Waals surface area (Å²) >= 11 is 0. The Morgan fingerprint density at radius 1 is 0.282 bits per heavy atom. The summed E-state index contributed by atoms with van der Waals surface area (Å²) in [5.74, 6) is 0. The highest BCUT2D eigenvalue weighted by atomic mass is 14.9. The summed E-state index contributed by atoms with van der Waals surface area (Å²) in [6.07, 6.45) is 0.886. The average molecular weight is 899 g/mol. The van der Waals surface area contributed by atoms with E-state index in [1.165, 1.54) is 159 Å². The summed E-state index contributed by atoms with van der Waals surface area (Å²) in [7, 11) is 0. The second-order valence-electron chi connectivity index (χ2n) is 20.6. The molecule has 328 valence electrons. The maximum atomic E-state index is 2.51. The van der Waals surface area contributed by atoms with Gasteiger partial charge < -0.3 is 8.80 Å². The molecule has 1 atom stereocenters. The maximum absolute atomic E-state index is 2.51. The van der Waals surface area contributed by atoms with Gasteiger partial charge in [-0.05, 0) is 137 Å². The molecule has 0 fully saturated rings. The van der Waals surface area contributed by atoms with E-state index >= 15 is 0 Å². The zero-order valence-electron chi connectivity index (χ0n) is 39.0. The summed E-state index contributed by atoms with van der Waals surface area (Å²) < 4.78 is 4.94. The molecule has 4 heterocycles. The lowest BCUT2D eigenvalue weighted by Gasteiger charge is -2.28. The molecular formula is C69H42N2. The largest absolute Gasteiger partial charge is 0.308 e. The molecule has 0 amide bonds. The molecule has 16 aromatic rings. The Morgan fingerprint density at radius 2 is 0.690 bits per heavy atom. The second kappa shape index (κ2) is 13.4. The first-order valence-electron chi connectivity index (χ1n) is 25.0. The van der Waals surface area contributed by atoms with Crippen LogP contribution in [-0.2, 0) is 11.8 Å². The Bertz CT molecular complexity index is 4990. The van der Waals surface area contributed by atoms with Crippen LogP contribution in [0.5, 0.6) is 0 Å². The number of hydrogen-bond donors (Lipinski definition) is 0. The Balaban J connectivity index is 0.794. The molecule has 17 rings (SSSR count). The number of fused-ring (bicyclic) bond motifs is 21. The van der Waals surface area contributed by atoms with Gasteiger partial charge in [0.15, 0.2) is 0 Å². The Hall–Kier alpha value is -8.98. The quantitative estimate of drug-likeness (QED) is 0.156. The zero-order chi connectivity index (χ0) is 46.3. The van der Waals surface area contributed by atoms with E-state index in [1.54, 1.807) is 0 Å². The molecule has 0 spiro atoms. The third-order valence-corrected chi connectivity index (χ3v) is 17.0. The van der Waals surface area contributed by atoms with Crippen LogP contribution in [-0.4, -0.2) is 8.80 Å². The van der Waals surface area contributed by atoms with Crippen LogP contribution < -0.4 is 0 Å². The van der Waals surface area contributed by atoms with Crippen LogP contribution in [0.2, 0.25) is 0 Å². The standard InChI is InChI=1S/C69H42N2/c1-69(61-21-7-4-14-49(61)50-31-26-44(38-62(50)69)43-28-33-66-60(37-43)56-20-11-18-54-52-16-6-9-23-64(52)71(66)68(54)56)39-40-24-29-48-57(34-40)46-13-3-2-12-45(46)47-30-25-41(35-58(47)48)42-27-32-65-59(36-42)55-19-10-17-53-51-15-5-8-22-63(51)70(65)67(53)55/h2-38H,39H2,1H3. The van der Waals surface area contributed by atoms with Gasteiger partial charge in [0.2, 0.25) is 0 Å². The predicted molar refractivity (Wildman–Crippen MR) is 301 cm³/mol. The molecule has 0 N–H and O–H groups in total. The van der Waals surface area contributed by atoms with E-state index in [4.69, 9.17) is 0 Å². The molecule has 71 heavy (non-hydrogen) atoms. The summed E-state index contributed by atoms with van der Waals surface area (Å²) in [6.45, 7) is 2.48. The highest BCUT2D eigenvalue weighted by Crippen LogP contribution is 2.52. The predicted octanol–water partition coefficient (Wildman–Crippen LogP) is 18.3. The van der Waals surface area contributed by atoms with Crippen LogP contribution >= 0.6 is 0 Å². The molecule has 2 heteroatoms. The number of aromatic nitrogens is 2. The number of rotatable bonds is 4. The van der Waals surface area contributed by atoms with Crippen molar-refractivity contribution in [3.8, 4) is 33.4 Å². The van der Waals surface area contributed by atoms with Crippen molar-refractivity contribution < 1.29 is 0 Å². The van der Waals surface area contributed by atoms with Crippen LogP contribution in [0.4, 0.5) is 0 Å². The molecule has 1 unspecified atom stereocenters. The van der Waals surface area contributed by atoms with Crippen molar-refractivity contribution in [3.63, 3.8) is 0 Å². The number of nitrogens with zero attached hydrogens (tertiary/aromatic N) is 2. The molecule has 1 aliphatic rings. The normalized spacial score (nSPS) is 14.9. The number of hydrogen-bond acceptors (Lipinski definition) is 0. The monoisotopic (exact) mass is 898 g/mol. The van der Waals surface area contributed by atoms with Gasteiger partial charge in [-0.2, -0.15) is 0 Å². The molecule has 4 aromatic heterocycles. The van der Waals surface area contributed by atoms with Crippen LogP contribution in [0.3, 0.4) is 0 Å². The third-order valence-electron chi connectivity index (χ3n) is 17.0. The van der Waals surface area contributed by atoms with E-state index in [0.29, 0.717) is 0 Å². The molecule has 0 aliphatic heterocycles. The smallest absolute Gasteiger partial charge is 0.0620 e. The SMILES string of the molecule is CC1(Cc2ccc3c(c2)c2ccccc2c2ccc(-c4ccc5c(c4)c4cccc6c7ccccc7n5c64)cc23)c2ccccc2-c2ccc(-c3ccc4c(c3)c3cccc5c6ccccc6n4c53)cc21. The topological polar surface area (TPSA) is 8.82 Å². The van der Waals surface area contributed by atoms with Crippen LogP contribution in [0.1, 0.15) is 23.6 Å². The zero-order valence-corrected chi connectivity index (χ0v) is 39.0. The first-order chi connectivity index (χ1) is 35.1. The van der Waals surface area contributed by atoms with Gasteiger partial charge in [-0.1, -0.05) is 183 Å². The van der Waals surface area contributed by atoms with Gasteiger partial charge >= 0.3 is 0 Å². The van der Waals surface area contributed by atoms with Crippen LogP contribution in [0, 0.1) is 0 Å². The third kappa shape index (κ3) is 4.87. The Labute approximate surface area is 408 Å². The molecular weight excluding hydrogens is 857 g/mol. The lowest BCUT2D eigenvalue weighted by molar-refractivity contribution is 0.583. The van der Waals surface area contributed by atoms with Gasteiger partial charge in [-0.25, -0.2) is 0 Å². The summed E-state index contributed by atoms with van der Waals surface area (Å²) in [6, 6.07) is 85.2. The molecule has 12 aromatic carbocycles. The van der Waals surface area contributed by atoms with Crippen molar-refractivity contribution in [2.75, 3.05) is 0 Å². The van der Waals surface area contributed by atoms with Crippen molar-refractivity contribution in [1.82, 2.24) is 8.80 Å². The van der Waals surface area contributed by atoms with Crippen molar-refractivity contribution in [2.45, 2.75) is 18.8 Å². The molecule has 0 bridgehead atoms. The Morgan fingerprint density at radius 3 is 1.34 bits per heavy atom. The van der Waals surface area contributed by atoms with Gasteiger partial charge in [-0.3, -0.25) is 0 Å². The van der Waals surface area contributed by atoms with Crippen molar-refractivity contribution in [3.05, 3.63) is 241 Å². The summed E-state index contributed by atoms with van der Waals surface area (Å²) in [4.78, 5) is 0. The number of benzene rings is 12. The van der Waals surface area contributed by atoms with Crippen molar-refractivity contribution >= 4 is 109 Å². The second-order valence-corrected chi connectivity index (χ2v) is 20.6. The van der Waals surface area contributed by atoms with Gasteiger partial charge in [-0.15, -0.1) is 0 Å². The van der Waals surface area contributed by atoms with E-state index < -0.39 is 0 Å². The molecule has 0 radical (unpaired) electrons. The minimum absolute atomic E-state index is 0.236. The lowest BCUT2D eigenvalue weighted by Crippen LogP contribution is -2.24. The van der Waals surface area contributed by atoms with Crippen LogP contribution in [0.15, 0.2) is 224 Å². The molecule has 0 saturated heterocycles. The van der Waals surface area contributed by atoms with Gasteiger partial charge in [0.1, 0.15) is 0 Å². The fraction of sp³-hybridized carbons (Fsp3) is 0.0435. The molecule has 0 saturated carbocycles. The lowest BCUT2D eigenvalue weighted by atomic mass is 9.74. The van der Waals surface area contributed by atoms with Crippen LogP contribution in [0.25, 0.3) is 142 Å². The molecule has 1 aliphatic carbocycles. The van der Waals surface area contributed by atoms with Crippen molar-refractivity contribution in [2.24, 2.45) is 0 Å². The van der Waals surface area contributed by atoms with E-state index in [1.807, 2.05) is 0 Å². The average Bonchev–Trinajstić information content (AvgIpc) is 4.21. The van der Waals surface area contributed by atoms with Gasteiger partial charge in [0.25, 0.3) is 0 Å². The molecule has 2 nitrogen and oxygen atoms in total. The van der Waals surface area contributed by atoms with Gasteiger partial charge in [0.05, 0.1) is 33.1 Å². The van der Waals surface area contributed by atoms with E-state index in [-0.39, 0.29) is 5.41 Å². The first kappa shape index (κ1) is 37.9. The number of para-hydroxylation sites is 4. The minimum atomic E-state index is -0.236. The van der Waals surface area contributed by atoms with E-state index in [2.05, 4.69) is 240 Å². The summed E-state index contributed by atoms with van der Waals surface area (Å²) in [5.41, 5.74) is 19.3. The first-order valence-corrected chi connectivity index (χ1v) is 25.0. The van der Waals surface area contributed by atoms with Gasteiger partial charge in [0, 0.05) is 48.5 Å². The fourth-order valence-electron chi connectivity index (χ4n) is 13.9. The maximum Gasteiger partial charge on any atom is 0.0620 e. The fourth-order valence-corrected chi connectivity index (χ4v) is 13.9. The Kier molecular flexibility index (Phi) is 7.17. The van der Waals surface area contributed by atoms with Crippen molar-refractivity contribution in [1.29, 1.82) is 0 Å². The summed E-state index contributed by atoms with van der Waals surface area (Å²) in [5, 5.41) is 18.3. The highest BCUT2D eigenvalue weighted by Gasteiger charge is 2.39. The van der Waals surface area contributed by atoms with E-state index in [9.17, 15) is 0 Å². The minimum Gasteiger partial charge on any atom is -0.308 e.